The number of amides is 3. The topological polar surface area (TPSA) is 207 Å². The number of nitrogens with zero attached hydrogens (tertiary/aromatic N) is 1. The van der Waals surface area contributed by atoms with Gasteiger partial charge in [0.25, 0.3) is 0 Å². The molecule has 0 spiro atoms. The number of esters is 2. The monoisotopic (exact) mass is 943 g/mol. The Bertz CT molecular complexity index is 2910. The number of carbonyl (C=O) groups excluding carboxylic acids is 5. The number of rotatable bonds is 19. The first-order chi connectivity index (χ1) is 34.0. The van der Waals surface area contributed by atoms with E-state index in [2.05, 4.69) is 10.6 Å². The minimum atomic E-state index is -1.34. The second kappa shape index (κ2) is 23.7. The maximum absolute atomic E-state index is 14.3. The number of aromatic hydroxyl groups is 1. The lowest BCUT2D eigenvalue weighted by atomic mass is 10.0. The van der Waals surface area contributed by atoms with Gasteiger partial charge in [0.05, 0.1) is 25.0 Å². The number of aromatic carboxylic acids is 1. The largest absolute Gasteiger partial charge is 0.506 e. The highest BCUT2D eigenvalue weighted by atomic mass is 16.5. The molecular formula is C55H49N3O12. The number of phenols is 1. The van der Waals surface area contributed by atoms with E-state index >= 15 is 0 Å². The molecule has 15 heteroatoms. The molecule has 0 saturated heterocycles. The van der Waals surface area contributed by atoms with Crippen molar-refractivity contribution in [2.24, 2.45) is 0 Å². The van der Waals surface area contributed by atoms with Gasteiger partial charge in [-0.1, -0.05) is 140 Å². The molecule has 15 nitrogen and oxygen atoms in total. The fraction of sp³-hybridized carbons (Fsp3) is 0.164. The van der Waals surface area contributed by atoms with Gasteiger partial charge in [-0.05, 0) is 70.8 Å². The molecule has 0 unspecified atom stereocenters. The summed E-state index contributed by atoms with van der Waals surface area (Å²) in [7, 11) is 1.16. The molecule has 7 rings (SSSR count). The summed E-state index contributed by atoms with van der Waals surface area (Å²) in [5, 5.41) is 26.7. The molecule has 0 heterocycles. The Morgan fingerprint density at radius 1 is 0.686 bits per heavy atom. The summed E-state index contributed by atoms with van der Waals surface area (Å²) in [6, 6.07) is 47.0. The highest BCUT2D eigenvalue weighted by molar-refractivity contribution is 6.40. The van der Waals surface area contributed by atoms with Crippen molar-refractivity contribution in [1.82, 2.24) is 10.6 Å². The van der Waals surface area contributed by atoms with Gasteiger partial charge in [0, 0.05) is 24.0 Å². The fourth-order valence-electron chi connectivity index (χ4n) is 7.63. The Morgan fingerprint density at radius 3 is 1.96 bits per heavy atom. The molecule has 0 aromatic heterocycles. The number of nitrogens with one attached hydrogen (secondary N) is 2. The molecule has 70 heavy (non-hydrogen) atoms. The van der Waals surface area contributed by atoms with E-state index < -0.39 is 53.7 Å². The number of carboxylic acids is 1. The molecule has 0 bridgehead atoms. The minimum Gasteiger partial charge on any atom is -0.506 e. The van der Waals surface area contributed by atoms with Crippen molar-refractivity contribution in [1.29, 1.82) is 0 Å². The van der Waals surface area contributed by atoms with Gasteiger partial charge in [0.2, 0.25) is 5.91 Å². The number of fused-ring (bicyclic) bond motifs is 1. The van der Waals surface area contributed by atoms with Crippen LogP contribution in [0.15, 0.2) is 170 Å². The highest BCUT2D eigenvalue weighted by Gasteiger charge is 2.32. The van der Waals surface area contributed by atoms with Crippen molar-refractivity contribution in [2.75, 3.05) is 25.2 Å². The van der Waals surface area contributed by atoms with E-state index in [0.717, 1.165) is 12.0 Å². The fourth-order valence-corrected chi connectivity index (χ4v) is 7.63. The van der Waals surface area contributed by atoms with Crippen LogP contribution in [0.1, 0.15) is 61.9 Å². The number of carboxylic acid groups (broad SMARTS) is 1. The van der Waals surface area contributed by atoms with E-state index in [1.807, 2.05) is 60.7 Å². The molecule has 0 radical (unpaired) electrons. The number of carbonyl (C=O) groups is 6. The average Bonchev–Trinajstić information content (AvgIpc) is 3.39. The van der Waals surface area contributed by atoms with E-state index in [-0.39, 0.29) is 54.4 Å². The molecule has 7 aromatic rings. The van der Waals surface area contributed by atoms with Gasteiger partial charge in [0.1, 0.15) is 29.7 Å². The summed E-state index contributed by atoms with van der Waals surface area (Å²) >= 11 is 0. The van der Waals surface area contributed by atoms with Crippen LogP contribution in [0.3, 0.4) is 0 Å². The summed E-state index contributed by atoms with van der Waals surface area (Å²) in [6.07, 6.45) is -0.871. The minimum absolute atomic E-state index is 0.0131. The molecule has 0 saturated carbocycles. The number of unbranched alkanes of at least 4 members (excludes halogenated alkanes) is 1. The molecule has 0 fully saturated rings. The van der Waals surface area contributed by atoms with E-state index in [1.54, 1.807) is 84.9 Å². The normalized spacial score (nSPS) is 11.2. The van der Waals surface area contributed by atoms with Gasteiger partial charge in [-0.25, -0.2) is 19.2 Å². The van der Waals surface area contributed by atoms with E-state index in [4.69, 9.17) is 18.9 Å². The van der Waals surface area contributed by atoms with Crippen LogP contribution in [-0.4, -0.2) is 72.3 Å². The summed E-state index contributed by atoms with van der Waals surface area (Å²) in [5.41, 5.74) is 2.46. The Kier molecular flexibility index (Phi) is 16.5. The van der Waals surface area contributed by atoms with Crippen molar-refractivity contribution in [3.05, 3.63) is 203 Å². The maximum Gasteiger partial charge on any atom is 0.407 e. The quantitative estimate of drug-likeness (QED) is 0.0260. The number of benzene rings is 7. The summed E-state index contributed by atoms with van der Waals surface area (Å²) in [4.78, 5) is 81.2. The molecule has 0 aliphatic heterocycles. The number of hydrogen-bond donors (Lipinski definition) is 4. The van der Waals surface area contributed by atoms with E-state index in [1.165, 1.54) is 24.3 Å². The van der Waals surface area contributed by atoms with Crippen molar-refractivity contribution in [2.45, 2.75) is 38.0 Å². The summed E-state index contributed by atoms with van der Waals surface area (Å²) in [6.45, 7) is 0.0698. The Balaban J connectivity index is 1.07. The molecule has 0 aliphatic rings. The zero-order chi connectivity index (χ0) is 49.4. The first-order valence-corrected chi connectivity index (χ1v) is 22.3. The van der Waals surface area contributed by atoms with Crippen LogP contribution in [-0.2, 0) is 41.6 Å². The van der Waals surface area contributed by atoms with Crippen LogP contribution in [0.5, 0.6) is 11.5 Å². The van der Waals surface area contributed by atoms with Gasteiger partial charge >= 0.3 is 29.9 Å². The van der Waals surface area contributed by atoms with Gasteiger partial charge in [-0.3, -0.25) is 14.5 Å². The number of para-hydroxylation sites is 1. The molecule has 7 aromatic carbocycles. The number of methoxy groups -OCH3 is 1. The number of ether oxygens (including phenoxy) is 4. The second-order valence-corrected chi connectivity index (χ2v) is 15.9. The zero-order valence-corrected chi connectivity index (χ0v) is 38.0. The predicted octanol–water partition coefficient (Wildman–Crippen LogP) is 8.84. The SMILES string of the molecule is COC(=O)N[C@@H](Cc1ccc(N(C(=O)C(=O)OCc2ccccc2)c2ccccc2C(=O)OC(c2ccccc2)c2ccccc2)cc1)C(=O)NCCCCOc1cc2ccccc2c(O)c1C(=O)O. The van der Waals surface area contributed by atoms with Gasteiger partial charge < -0.3 is 39.8 Å². The van der Waals surface area contributed by atoms with Gasteiger partial charge in [-0.2, -0.15) is 0 Å². The summed E-state index contributed by atoms with van der Waals surface area (Å²) in [5.74, 6) is -5.31. The second-order valence-electron chi connectivity index (χ2n) is 15.9. The van der Waals surface area contributed by atoms with Crippen LogP contribution in [0, 0.1) is 0 Å². The van der Waals surface area contributed by atoms with Gasteiger partial charge in [0.15, 0.2) is 6.10 Å². The Hall–Kier alpha value is -8.98. The maximum atomic E-state index is 14.3. The molecular weight excluding hydrogens is 895 g/mol. The predicted molar refractivity (Wildman–Crippen MR) is 260 cm³/mol. The van der Waals surface area contributed by atoms with Crippen molar-refractivity contribution in [3.63, 3.8) is 0 Å². The van der Waals surface area contributed by atoms with Gasteiger partial charge in [-0.15, -0.1) is 0 Å². The van der Waals surface area contributed by atoms with Crippen LogP contribution in [0.25, 0.3) is 10.8 Å². The van der Waals surface area contributed by atoms with Crippen LogP contribution >= 0.6 is 0 Å². The Morgan fingerprint density at radius 2 is 1.30 bits per heavy atom. The molecule has 0 aliphatic carbocycles. The number of hydrogen-bond acceptors (Lipinski definition) is 11. The third-order valence-electron chi connectivity index (χ3n) is 11.1. The third-order valence-corrected chi connectivity index (χ3v) is 11.1. The lowest BCUT2D eigenvalue weighted by molar-refractivity contribution is -0.154. The van der Waals surface area contributed by atoms with Crippen molar-refractivity contribution < 1.29 is 57.9 Å². The third kappa shape index (κ3) is 12.3. The van der Waals surface area contributed by atoms with Crippen LogP contribution < -0.4 is 20.3 Å². The molecule has 3 amide bonds. The highest BCUT2D eigenvalue weighted by Crippen LogP contribution is 2.37. The van der Waals surface area contributed by atoms with E-state index in [0.29, 0.717) is 45.9 Å². The number of alkyl carbamates (subject to hydrolysis) is 1. The first kappa shape index (κ1) is 48.9. The average molecular weight is 944 g/mol. The lowest BCUT2D eigenvalue weighted by Gasteiger charge is -2.25. The zero-order valence-electron chi connectivity index (χ0n) is 38.0. The molecule has 356 valence electrons. The first-order valence-electron chi connectivity index (χ1n) is 22.3. The number of anilines is 2. The molecule has 1 atom stereocenters. The van der Waals surface area contributed by atoms with Crippen LogP contribution in [0.2, 0.25) is 0 Å². The molecule has 4 N–H and O–H groups in total. The summed E-state index contributed by atoms with van der Waals surface area (Å²) < 4.78 is 22.2. The van der Waals surface area contributed by atoms with Crippen molar-refractivity contribution >= 4 is 58.0 Å². The van der Waals surface area contributed by atoms with E-state index in [9.17, 15) is 39.0 Å². The van der Waals surface area contributed by atoms with Crippen molar-refractivity contribution in [3.8, 4) is 11.5 Å². The lowest BCUT2D eigenvalue weighted by Crippen LogP contribution is -2.48. The standard InChI is InChI=1S/C55H49N3O12/c1-67-55(66)57-44(50(60)56-31-15-16-32-68-46-34-40-23-11-12-24-42(40)48(59)47(46)52(62)63)33-36-27-29-41(30-28-36)58(51(61)54(65)69-35-37-17-5-2-6-18-37)45-26-14-13-25-43(45)53(64)70-49(38-19-7-3-8-20-38)39-21-9-4-10-22-39/h2-14,17-30,34,44,49,59H,15-16,31-33,35H2,1H3,(H,56,60)(H,57,66)(H,62,63)/t44-/m0/s1. The smallest absolute Gasteiger partial charge is 0.407 e. The van der Waals surface area contributed by atoms with Crippen LogP contribution in [0.4, 0.5) is 16.2 Å². The Labute approximate surface area is 403 Å².